The molecule has 4 nitrogen and oxygen atoms in total. The SMILES string of the molecule is O=S(=O)(C1=CC23C=C(S(=O)(=O)c4ccccc4)C(Br)C2(CCC3)C1Br)c1ccccc1. The average molecular weight is 584 g/mol. The van der Waals surface area contributed by atoms with Crippen LogP contribution in [0, 0.1) is 10.8 Å². The first-order valence-corrected chi connectivity index (χ1v) is 14.8. The van der Waals surface area contributed by atoms with Crippen LogP contribution in [0.1, 0.15) is 19.3 Å². The number of alkyl halides is 2. The number of hydrogen-bond acceptors (Lipinski definition) is 4. The van der Waals surface area contributed by atoms with Crippen molar-refractivity contribution in [3.8, 4) is 0 Å². The van der Waals surface area contributed by atoms with Gasteiger partial charge in [-0.2, -0.15) is 0 Å². The summed E-state index contributed by atoms with van der Waals surface area (Å²) in [6.45, 7) is 0. The second-order valence-corrected chi connectivity index (χ2v) is 14.1. The fraction of sp³-hybridized carbons (Fsp3) is 0.304. The van der Waals surface area contributed by atoms with Crippen molar-refractivity contribution < 1.29 is 16.8 Å². The molecule has 0 aromatic heterocycles. The summed E-state index contributed by atoms with van der Waals surface area (Å²) in [5, 5.41) is 0. The van der Waals surface area contributed by atoms with Gasteiger partial charge < -0.3 is 0 Å². The molecule has 3 aliphatic carbocycles. The van der Waals surface area contributed by atoms with Crippen molar-refractivity contribution >= 4 is 51.5 Å². The van der Waals surface area contributed by atoms with Crippen molar-refractivity contribution in [1.29, 1.82) is 0 Å². The van der Waals surface area contributed by atoms with Gasteiger partial charge in [0.15, 0.2) is 0 Å². The molecule has 2 unspecified atom stereocenters. The minimum Gasteiger partial charge on any atom is -0.219 e. The van der Waals surface area contributed by atoms with Crippen LogP contribution in [0.25, 0.3) is 0 Å². The van der Waals surface area contributed by atoms with Gasteiger partial charge in [-0.15, -0.1) is 0 Å². The van der Waals surface area contributed by atoms with E-state index in [2.05, 4.69) is 31.9 Å². The molecule has 0 aliphatic heterocycles. The maximum Gasteiger partial charge on any atom is 0.203 e. The van der Waals surface area contributed by atoms with Crippen molar-refractivity contribution in [1.82, 2.24) is 0 Å². The van der Waals surface area contributed by atoms with Crippen LogP contribution < -0.4 is 0 Å². The molecule has 0 bridgehead atoms. The van der Waals surface area contributed by atoms with Crippen LogP contribution in [0.4, 0.5) is 0 Å². The topological polar surface area (TPSA) is 68.3 Å². The second kappa shape index (κ2) is 7.14. The number of hydrogen-bond donors (Lipinski definition) is 0. The van der Waals surface area contributed by atoms with Crippen molar-refractivity contribution in [2.24, 2.45) is 10.8 Å². The van der Waals surface area contributed by atoms with Gasteiger partial charge in [-0.1, -0.05) is 86.8 Å². The molecular formula is C23H20Br2O4S2. The Morgan fingerprint density at radius 1 is 0.677 bits per heavy atom. The molecule has 0 heterocycles. The lowest BCUT2D eigenvalue weighted by molar-refractivity contribution is 0.235. The molecule has 3 aliphatic rings. The number of halogens is 2. The highest BCUT2D eigenvalue weighted by Gasteiger charge is 2.70. The summed E-state index contributed by atoms with van der Waals surface area (Å²) < 4.78 is 53.8. The van der Waals surface area contributed by atoms with E-state index in [-0.39, 0.29) is 9.79 Å². The van der Waals surface area contributed by atoms with Crippen LogP contribution in [0.3, 0.4) is 0 Å². The van der Waals surface area contributed by atoms with Gasteiger partial charge in [0.2, 0.25) is 19.7 Å². The van der Waals surface area contributed by atoms with E-state index in [1.807, 2.05) is 12.2 Å². The molecule has 2 aromatic rings. The largest absolute Gasteiger partial charge is 0.219 e. The van der Waals surface area contributed by atoms with E-state index in [9.17, 15) is 16.8 Å². The highest BCUT2D eigenvalue weighted by molar-refractivity contribution is 9.10. The van der Waals surface area contributed by atoms with Crippen LogP contribution in [-0.2, 0) is 19.7 Å². The molecule has 0 N–H and O–H groups in total. The van der Waals surface area contributed by atoms with E-state index in [4.69, 9.17) is 0 Å². The molecule has 0 radical (unpaired) electrons. The smallest absolute Gasteiger partial charge is 0.203 e. The van der Waals surface area contributed by atoms with Crippen molar-refractivity contribution in [3.63, 3.8) is 0 Å². The minimum atomic E-state index is -3.70. The van der Waals surface area contributed by atoms with Crippen molar-refractivity contribution in [2.75, 3.05) is 0 Å². The summed E-state index contributed by atoms with van der Waals surface area (Å²) in [5.74, 6) is 0. The average Bonchev–Trinajstić information content (AvgIpc) is 3.35. The van der Waals surface area contributed by atoms with Gasteiger partial charge in [-0.25, -0.2) is 16.8 Å². The fourth-order valence-electron chi connectivity index (χ4n) is 5.51. The summed E-state index contributed by atoms with van der Waals surface area (Å²) in [5.41, 5.74) is -1.20. The van der Waals surface area contributed by atoms with Gasteiger partial charge in [0.05, 0.1) is 29.3 Å². The Labute approximate surface area is 199 Å². The zero-order valence-corrected chi connectivity index (χ0v) is 21.2. The standard InChI is InChI=1S/C23H20Br2O4S2/c24-20-18(30(26,27)16-8-3-1-4-9-16)14-22-12-7-13-23(20,22)21(25)19(15-22)31(28,29)17-10-5-2-6-11-17/h1-6,8-11,14-15,20-21H,7,12-13H2. The number of benzene rings is 2. The lowest BCUT2D eigenvalue weighted by atomic mass is 9.70. The van der Waals surface area contributed by atoms with Crippen molar-refractivity contribution in [2.45, 2.75) is 38.7 Å². The first kappa shape index (κ1) is 21.6. The molecule has 0 saturated heterocycles. The molecule has 31 heavy (non-hydrogen) atoms. The highest BCUT2D eigenvalue weighted by Crippen LogP contribution is 2.73. The zero-order chi connectivity index (χ0) is 22.1. The maximum atomic E-state index is 13.5. The van der Waals surface area contributed by atoms with Crippen LogP contribution in [0.15, 0.2) is 92.4 Å². The molecule has 8 heteroatoms. The molecule has 162 valence electrons. The molecule has 1 fully saturated rings. The van der Waals surface area contributed by atoms with Crippen LogP contribution >= 0.6 is 31.9 Å². The monoisotopic (exact) mass is 582 g/mol. The third kappa shape index (κ3) is 2.81. The van der Waals surface area contributed by atoms with Gasteiger partial charge in [0.25, 0.3) is 0 Å². The quantitative estimate of drug-likeness (QED) is 0.451. The molecule has 2 atom stereocenters. The molecular weight excluding hydrogens is 564 g/mol. The van der Waals surface area contributed by atoms with Gasteiger partial charge in [0.1, 0.15) is 0 Å². The summed E-state index contributed by atoms with van der Waals surface area (Å²) in [7, 11) is -7.39. The second-order valence-electron chi connectivity index (χ2n) is 8.39. The maximum absolute atomic E-state index is 13.5. The molecule has 0 spiro atoms. The summed E-state index contributed by atoms with van der Waals surface area (Å²) in [6, 6.07) is 16.8. The molecule has 0 amide bonds. The van der Waals surface area contributed by atoms with E-state index in [1.54, 1.807) is 60.7 Å². The first-order valence-electron chi connectivity index (χ1n) is 10.0. The lowest BCUT2D eigenvalue weighted by Crippen LogP contribution is -2.42. The van der Waals surface area contributed by atoms with Gasteiger partial charge >= 0.3 is 0 Å². The predicted octanol–water partition coefficient (Wildman–Crippen LogP) is 5.41. The van der Waals surface area contributed by atoms with Crippen molar-refractivity contribution in [3.05, 3.63) is 82.6 Å². The van der Waals surface area contributed by atoms with E-state index in [0.717, 1.165) is 19.3 Å². The van der Waals surface area contributed by atoms with Gasteiger partial charge in [-0.05, 0) is 37.1 Å². The Bertz CT molecular complexity index is 1220. The summed E-state index contributed by atoms with van der Waals surface area (Å²) >= 11 is 7.45. The minimum absolute atomic E-state index is 0.253. The number of sulfone groups is 2. The van der Waals surface area contributed by atoms with E-state index >= 15 is 0 Å². The number of allylic oxidation sites excluding steroid dienone is 4. The van der Waals surface area contributed by atoms with Crippen LogP contribution in [0.5, 0.6) is 0 Å². The summed E-state index contributed by atoms with van der Waals surface area (Å²) in [6.07, 6.45) is 6.01. The van der Waals surface area contributed by atoms with E-state index in [1.165, 1.54) is 0 Å². The Balaban J connectivity index is 1.68. The number of rotatable bonds is 4. The Morgan fingerprint density at radius 2 is 1.10 bits per heavy atom. The van der Waals surface area contributed by atoms with Gasteiger partial charge in [0, 0.05) is 10.8 Å². The highest BCUT2D eigenvalue weighted by atomic mass is 79.9. The van der Waals surface area contributed by atoms with E-state index in [0.29, 0.717) is 9.81 Å². The molecule has 5 rings (SSSR count). The normalized spacial score (nSPS) is 32.3. The Hall–Kier alpha value is -1.22. The molecule has 2 aromatic carbocycles. The van der Waals surface area contributed by atoms with E-state index < -0.39 is 40.2 Å². The van der Waals surface area contributed by atoms with Gasteiger partial charge in [-0.3, -0.25) is 0 Å². The predicted molar refractivity (Wildman–Crippen MR) is 128 cm³/mol. The zero-order valence-electron chi connectivity index (χ0n) is 16.4. The molecule has 1 saturated carbocycles. The first-order chi connectivity index (χ1) is 14.7. The lowest BCUT2D eigenvalue weighted by Gasteiger charge is -2.39. The van der Waals surface area contributed by atoms with Crippen LogP contribution in [-0.4, -0.2) is 26.5 Å². The summed E-state index contributed by atoms with van der Waals surface area (Å²) in [4.78, 5) is 0.187. The third-order valence-electron chi connectivity index (χ3n) is 6.98. The van der Waals surface area contributed by atoms with Crippen LogP contribution in [0.2, 0.25) is 0 Å². The third-order valence-corrected chi connectivity index (χ3v) is 13.9. The fourth-order valence-corrected chi connectivity index (χ4v) is 12.7. The Morgan fingerprint density at radius 3 is 1.48 bits per heavy atom. The Kier molecular flexibility index (Phi) is 4.98.